The van der Waals surface area contributed by atoms with Gasteiger partial charge in [-0.05, 0) is 24.4 Å². The number of carbonyl (C=O) groups excluding carboxylic acids is 1. The molecule has 1 amide bonds. The molecule has 0 unspecified atom stereocenters. The van der Waals surface area contributed by atoms with Crippen molar-refractivity contribution in [2.45, 2.75) is 13.5 Å². The van der Waals surface area contributed by atoms with E-state index in [4.69, 9.17) is 4.74 Å². The van der Waals surface area contributed by atoms with Crippen molar-refractivity contribution in [1.29, 1.82) is 0 Å². The van der Waals surface area contributed by atoms with Gasteiger partial charge in [0.15, 0.2) is 0 Å². The topological polar surface area (TPSA) is 60.3 Å². The van der Waals surface area contributed by atoms with Gasteiger partial charge in [0.2, 0.25) is 5.91 Å². The Balaban J connectivity index is 1.99. The van der Waals surface area contributed by atoms with Crippen LogP contribution in [0, 0.1) is 0 Å². The molecule has 0 radical (unpaired) electrons. The number of carbonyl (C=O) groups is 1. The second-order valence-corrected chi connectivity index (χ2v) is 4.94. The molecule has 0 aliphatic heterocycles. The summed E-state index contributed by atoms with van der Waals surface area (Å²) in [5, 5.41) is 5.25. The molecule has 0 saturated heterocycles. The summed E-state index contributed by atoms with van der Waals surface area (Å²) in [6, 6.07) is 3.64. The predicted molar refractivity (Wildman–Crippen MR) is 75.6 cm³/mol. The Labute approximate surface area is 114 Å². The number of nitrogens with one attached hydrogen (secondary N) is 1. The van der Waals surface area contributed by atoms with E-state index in [9.17, 15) is 9.59 Å². The SMILES string of the molecule is CCOCCNC(=O)Cn1ccc2sccc2c1=O. The molecule has 0 aliphatic rings. The lowest BCUT2D eigenvalue weighted by Gasteiger charge is -2.07. The van der Waals surface area contributed by atoms with Gasteiger partial charge in [-0.2, -0.15) is 0 Å². The third-order valence-corrected chi connectivity index (χ3v) is 3.56. The third-order valence-electron chi connectivity index (χ3n) is 2.68. The van der Waals surface area contributed by atoms with Crippen molar-refractivity contribution in [3.8, 4) is 0 Å². The van der Waals surface area contributed by atoms with Crippen molar-refractivity contribution >= 4 is 27.3 Å². The number of aromatic nitrogens is 1. The van der Waals surface area contributed by atoms with Crippen LogP contribution in [0.1, 0.15) is 6.92 Å². The van der Waals surface area contributed by atoms with Crippen LogP contribution in [0.15, 0.2) is 28.5 Å². The summed E-state index contributed by atoms with van der Waals surface area (Å²) in [6.07, 6.45) is 1.66. The van der Waals surface area contributed by atoms with E-state index < -0.39 is 0 Å². The van der Waals surface area contributed by atoms with Crippen molar-refractivity contribution < 1.29 is 9.53 Å². The lowest BCUT2D eigenvalue weighted by atomic mass is 10.3. The van der Waals surface area contributed by atoms with Crippen molar-refractivity contribution in [1.82, 2.24) is 9.88 Å². The summed E-state index contributed by atoms with van der Waals surface area (Å²) in [4.78, 5) is 23.7. The van der Waals surface area contributed by atoms with Crippen molar-refractivity contribution in [3.63, 3.8) is 0 Å². The molecule has 2 rings (SSSR count). The monoisotopic (exact) mass is 280 g/mol. The van der Waals surface area contributed by atoms with Gasteiger partial charge in [0.25, 0.3) is 5.56 Å². The van der Waals surface area contributed by atoms with E-state index in [1.54, 1.807) is 12.3 Å². The van der Waals surface area contributed by atoms with Crippen LogP contribution in [-0.2, 0) is 16.1 Å². The van der Waals surface area contributed by atoms with Crippen molar-refractivity contribution in [2.24, 2.45) is 0 Å². The lowest BCUT2D eigenvalue weighted by molar-refractivity contribution is -0.121. The van der Waals surface area contributed by atoms with Crippen LogP contribution in [0.25, 0.3) is 10.1 Å². The van der Waals surface area contributed by atoms with Gasteiger partial charge < -0.3 is 14.6 Å². The summed E-state index contributed by atoms with van der Waals surface area (Å²) in [5.74, 6) is -0.184. The Hall–Kier alpha value is -1.66. The number of ether oxygens (including phenoxy) is 1. The molecule has 102 valence electrons. The van der Waals surface area contributed by atoms with Gasteiger partial charge in [0, 0.05) is 24.0 Å². The fourth-order valence-corrected chi connectivity index (χ4v) is 2.52. The number of hydrogen-bond donors (Lipinski definition) is 1. The quantitative estimate of drug-likeness (QED) is 0.809. The molecule has 0 bridgehead atoms. The first-order valence-corrected chi connectivity index (χ1v) is 7.01. The molecular weight excluding hydrogens is 264 g/mol. The molecule has 6 heteroatoms. The number of rotatable bonds is 6. The molecule has 0 saturated carbocycles. The second-order valence-electron chi connectivity index (χ2n) is 3.99. The summed E-state index contributed by atoms with van der Waals surface area (Å²) in [6.45, 7) is 3.52. The Morgan fingerprint density at radius 3 is 3.11 bits per heavy atom. The van der Waals surface area contributed by atoms with Gasteiger partial charge in [-0.25, -0.2) is 0 Å². The van der Waals surface area contributed by atoms with E-state index >= 15 is 0 Å². The van der Waals surface area contributed by atoms with Crippen LogP contribution in [0.3, 0.4) is 0 Å². The third kappa shape index (κ3) is 3.42. The van der Waals surface area contributed by atoms with Crippen LogP contribution in [0.5, 0.6) is 0 Å². The predicted octanol–water partition coefficient (Wildman–Crippen LogP) is 1.22. The highest BCUT2D eigenvalue weighted by atomic mass is 32.1. The number of nitrogens with zero attached hydrogens (tertiary/aromatic N) is 1. The van der Waals surface area contributed by atoms with Crippen molar-refractivity contribution in [2.75, 3.05) is 19.8 Å². The summed E-state index contributed by atoms with van der Waals surface area (Å²) in [5.41, 5.74) is -0.126. The summed E-state index contributed by atoms with van der Waals surface area (Å²) >= 11 is 1.52. The molecule has 0 aromatic carbocycles. The number of fused-ring (bicyclic) bond motifs is 1. The fourth-order valence-electron chi connectivity index (χ4n) is 1.75. The molecule has 19 heavy (non-hydrogen) atoms. The molecule has 1 N–H and O–H groups in total. The maximum atomic E-state index is 12.1. The molecule has 0 spiro atoms. The molecule has 2 aromatic rings. The highest BCUT2D eigenvalue weighted by Crippen LogP contribution is 2.15. The lowest BCUT2D eigenvalue weighted by Crippen LogP contribution is -2.33. The van der Waals surface area contributed by atoms with E-state index in [1.165, 1.54) is 15.9 Å². The van der Waals surface area contributed by atoms with Gasteiger partial charge in [0.05, 0.1) is 12.0 Å². The first kappa shape index (κ1) is 13.8. The zero-order valence-electron chi connectivity index (χ0n) is 10.7. The minimum Gasteiger partial charge on any atom is -0.380 e. The minimum atomic E-state index is -0.184. The van der Waals surface area contributed by atoms with Gasteiger partial charge >= 0.3 is 0 Å². The maximum absolute atomic E-state index is 12.1. The van der Waals surface area contributed by atoms with Crippen LogP contribution in [0.4, 0.5) is 0 Å². The smallest absolute Gasteiger partial charge is 0.259 e. The number of pyridine rings is 1. The van der Waals surface area contributed by atoms with Gasteiger partial charge in [-0.15, -0.1) is 11.3 Å². The molecule has 2 aromatic heterocycles. The van der Waals surface area contributed by atoms with Gasteiger partial charge in [0.1, 0.15) is 6.54 Å². The standard InChI is InChI=1S/C13H16N2O3S/c1-2-18-7-5-14-12(16)9-15-6-3-11-10(13(15)17)4-8-19-11/h3-4,6,8H,2,5,7,9H2,1H3,(H,14,16). The summed E-state index contributed by atoms with van der Waals surface area (Å²) in [7, 11) is 0. The van der Waals surface area contributed by atoms with E-state index in [0.29, 0.717) is 25.1 Å². The molecule has 5 nitrogen and oxygen atoms in total. The normalized spacial score (nSPS) is 10.8. The van der Waals surface area contributed by atoms with Crippen LogP contribution >= 0.6 is 11.3 Å². The van der Waals surface area contributed by atoms with E-state index in [2.05, 4.69) is 5.32 Å². The highest BCUT2D eigenvalue weighted by Gasteiger charge is 2.07. The van der Waals surface area contributed by atoms with Gasteiger partial charge in [-0.1, -0.05) is 0 Å². The highest BCUT2D eigenvalue weighted by molar-refractivity contribution is 7.17. The van der Waals surface area contributed by atoms with Crippen molar-refractivity contribution in [3.05, 3.63) is 34.1 Å². The average molecular weight is 280 g/mol. The number of amides is 1. The second kappa shape index (κ2) is 6.49. The summed E-state index contributed by atoms with van der Waals surface area (Å²) < 4.78 is 7.49. The molecular formula is C13H16N2O3S. The van der Waals surface area contributed by atoms with E-state index in [-0.39, 0.29) is 18.0 Å². The Morgan fingerprint density at radius 1 is 1.47 bits per heavy atom. The van der Waals surface area contributed by atoms with Crippen LogP contribution in [-0.4, -0.2) is 30.2 Å². The zero-order valence-corrected chi connectivity index (χ0v) is 11.5. The largest absolute Gasteiger partial charge is 0.380 e. The minimum absolute atomic E-state index is 0.0384. The Bertz CT molecular complexity index is 618. The van der Waals surface area contributed by atoms with Crippen LogP contribution < -0.4 is 10.9 Å². The molecule has 0 aliphatic carbocycles. The zero-order chi connectivity index (χ0) is 13.7. The number of hydrogen-bond acceptors (Lipinski definition) is 4. The van der Waals surface area contributed by atoms with Gasteiger partial charge in [-0.3, -0.25) is 9.59 Å². The fraction of sp³-hybridized carbons (Fsp3) is 0.385. The Morgan fingerprint density at radius 2 is 2.32 bits per heavy atom. The first-order valence-electron chi connectivity index (χ1n) is 6.13. The Kier molecular flexibility index (Phi) is 4.70. The number of thiophene rings is 1. The molecule has 0 fully saturated rings. The van der Waals surface area contributed by atoms with E-state index in [0.717, 1.165) is 4.70 Å². The van der Waals surface area contributed by atoms with E-state index in [1.807, 2.05) is 18.4 Å². The molecule has 2 heterocycles. The van der Waals surface area contributed by atoms with Crippen LogP contribution in [0.2, 0.25) is 0 Å². The first-order chi connectivity index (χ1) is 9.22. The maximum Gasteiger partial charge on any atom is 0.259 e. The molecule has 0 atom stereocenters. The average Bonchev–Trinajstić information content (AvgIpc) is 2.87.